The second kappa shape index (κ2) is 12.4. The van der Waals surface area contributed by atoms with Crippen molar-refractivity contribution >= 4 is 52.0 Å². The first-order valence-electron chi connectivity index (χ1n) is 15.8. The zero-order valence-electron chi connectivity index (χ0n) is 26.4. The van der Waals surface area contributed by atoms with Crippen molar-refractivity contribution in [3.63, 3.8) is 0 Å². The third-order valence-electron chi connectivity index (χ3n) is 9.39. The van der Waals surface area contributed by atoms with E-state index in [0.29, 0.717) is 45.1 Å². The molecule has 2 saturated heterocycles. The number of aryl methyl sites for hydroxylation is 2. The fraction of sp³-hybridized carbons (Fsp3) is 0.278. The van der Waals surface area contributed by atoms with Crippen molar-refractivity contribution in [1.29, 1.82) is 0 Å². The molecule has 47 heavy (non-hydrogen) atoms. The summed E-state index contributed by atoms with van der Waals surface area (Å²) < 4.78 is 0. The van der Waals surface area contributed by atoms with Crippen molar-refractivity contribution in [2.75, 3.05) is 58.6 Å². The molecule has 1 atom stereocenters. The zero-order valence-corrected chi connectivity index (χ0v) is 27.2. The molecule has 4 aromatic rings. The average Bonchev–Trinajstić information content (AvgIpc) is 3.55. The molecule has 3 aliphatic rings. The Bertz CT molecular complexity index is 1860. The Morgan fingerprint density at radius 2 is 1.57 bits per heavy atom. The fourth-order valence-electron chi connectivity index (χ4n) is 6.72. The molecule has 0 radical (unpaired) electrons. The van der Waals surface area contributed by atoms with E-state index in [0.717, 1.165) is 39.3 Å². The number of hydrogen-bond acceptors (Lipinski definition) is 8. The molecule has 0 saturated carbocycles. The molecule has 1 N–H and O–H groups in total. The van der Waals surface area contributed by atoms with Gasteiger partial charge in [-0.05, 0) is 60.9 Å². The highest BCUT2D eigenvalue weighted by molar-refractivity contribution is 8.02. The summed E-state index contributed by atoms with van der Waals surface area (Å²) in [5.74, 6) is 0.0639. The van der Waals surface area contributed by atoms with Crippen molar-refractivity contribution in [2.24, 2.45) is 0 Å². The Morgan fingerprint density at radius 3 is 2.32 bits per heavy atom. The molecule has 2 amide bonds. The summed E-state index contributed by atoms with van der Waals surface area (Å²) in [6.07, 6.45) is 0. The summed E-state index contributed by atoms with van der Waals surface area (Å²) in [5, 5.41) is 15.0. The van der Waals surface area contributed by atoms with Crippen LogP contribution in [-0.2, 0) is 21.0 Å². The maximum atomic E-state index is 14.5. The summed E-state index contributed by atoms with van der Waals surface area (Å²) in [4.78, 5) is 46.3. The Kier molecular flexibility index (Phi) is 8.11. The van der Waals surface area contributed by atoms with Crippen molar-refractivity contribution in [3.8, 4) is 0 Å². The SMILES string of the molecule is Cc1ccc(N2C(=O)CSC23C(=O)N(CN2CCN(c4ccc([N+](=O)[O-])c(NCc5ccccc5)c4)CC2)c2ccccc23)cc1C. The molecule has 240 valence electrons. The number of carbonyl (C=O) groups excluding carboxylic acids is 2. The van der Waals surface area contributed by atoms with Gasteiger partial charge in [-0.25, -0.2) is 0 Å². The number of nitro groups is 1. The molecular formula is C36H36N6O4S. The molecule has 1 spiro atoms. The van der Waals surface area contributed by atoms with Gasteiger partial charge in [-0.2, -0.15) is 0 Å². The standard InChI is InChI=1S/C36H36N6O4S/c1-25-12-13-29(20-26(25)2)41-34(43)23-47-36(41)30-10-6-7-11-32(30)40(35(36)44)24-38-16-18-39(19-17-38)28-14-15-33(42(45)46)31(21-28)37-22-27-8-4-3-5-9-27/h3-15,20-21,37H,16-19,22-24H2,1-2H3. The van der Waals surface area contributed by atoms with Crippen LogP contribution in [0.15, 0.2) is 91.0 Å². The second-order valence-electron chi connectivity index (χ2n) is 12.2. The lowest BCUT2D eigenvalue weighted by molar-refractivity contribution is -0.384. The van der Waals surface area contributed by atoms with Crippen LogP contribution in [0.25, 0.3) is 0 Å². The van der Waals surface area contributed by atoms with Gasteiger partial charge < -0.3 is 10.2 Å². The Balaban J connectivity index is 1.08. The Hall–Kier alpha value is -4.87. The molecule has 0 aromatic heterocycles. The van der Waals surface area contributed by atoms with Crippen LogP contribution in [-0.4, -0.2) is 60.2 Å². The number of carbonyl (C=O) groups is 2. The summed E-state index contributed by atoms with van der Waals surface area (Å²) in [6.45, 7) is 7.76. The number of benzene rings is 4. The minimum atomic E-state index is -1.14. The largest absolute Gasteiger partial charge is 0.375 e. The van der Waals surface area contributed by atoms with E-state index in [1.165, 1.54) is 11.8 Å². The number of rotatable bonds is 8. The molecule has 4 aromatic carbocycles. The van der Waals surface area contributed by atoms with E-state index in [-0.39, 0.29) is 28.2 Å². The molecule has 2 fully saturated rings. The number of nitrogens with zero attached hydrogens (tertiary/aromatic N) is 5. The third-order valence-corrected chi connectivity index (χ3v) is 10.8. The highest BCUT2D eigenvalue weighted by Crippen LogP contribution is 2.55. The van der Waals surface area contributed by atoms with E-state index >= 15 is 0 Å². The topological polar surface area (TPSA) is 102 Å². The molecule has 10 nitrogen and oxygen atoms in total. The molecule has 3 heterocycles. The summed E-state index contributed by atoms with van der Waals surface area (Å²) in [6, 6.07) is 28.8. The van der Waals surface area contributed by atoms with Crippen molar-refractivity contribution in [2.45, 2.75) is 25.3 Å². The first-order chi connectivity index (χ1) is 22.8. The van der Waals surface area contributed by atoms with Crippen LogP contribution in [0.5, 0.6) is 0 Å². The monoisotopic (exact) mass is 648 g/mol. The quantitative estimate of drug-likeness (QED) is 0.187. The number of hydrogen-bond donors (Lipinski definition) is 1. The average molecular weight is 649 g/mol. The lowest BCUT2D eigenvalue weighted by Gasteiger charge is -2.38. The Labute approximate surface area is 278 Å². The van der Waals surface area contributed by atoms with Crippen LogP contribution in [0, 0.1) is 24.0 Å². The van der Waals surface area contributed by atoms with E-state index in [2.05, 4.69) is 15.1 Å². The highest BCUT2D eigenvalue weighted by Gasteiger charge is 2.61. The van der Waals surface area contributed by atoms with Gasteiger partial charge in [0.1, 0.15) is 5.69 Å². The highest BCUT2D eigenvalue weighted by atomic mass is 32.2. The minimum Gasteiger partial charge on any atom is -0.375 e. The first kappa shape index (κ1) is 30.8. The van der Waals surface area contributed by atoms with Gasteiger partial charge in [0.05, 0.1) is 23.0 Å². The number of anilines is 4. The maximum absolute atomic E-state index is 14.5. The number of nitro benzene ring substituents is 1. The van der Waals surface area contributed by atoms with Crippen LogP contribution in [0.4, 0.5) is 28.4 Å². The Morgan fingerprint density at radius 1 is 0.851 bits per heavy atom. The molecule has 11 heteroatoms. The van der Waals surface area contributed by atoms with Crippen LogP contribution in [0.3, 0.4) is 0 Å². The van der Waals surface area contributed by atoms with Gasteiger partial charge in [-0.15, -0.1) is 11.8 Å². The lowest BCUT2D eigenvalue weighted by atomic mass is 10.0. The van der Waals surface area contributed by atoms with Crippen molar-refractivity contribution < 1.29 is 14.5 Å². The van der Waals surface area contributed by atoms with Gasteiger partial charge in [-0.1, -0.05) is 54.6 Å². The van der Waals surface area contributed by atoms with Gasteiger partial charge in [-0.3, -0.25) is 34.4 Å². The third kappa shape index (κ3) is 5.49. The van der Waals surface area contributed by atoms with E-state index < -0.39 is 4.87 Å². The van der Waals surface area contributed by atoms with Crippen LogP contribution < -0.4 is 20.0 Å². The molecule has 7 rings (SSSR count). The van der Waals surface area contributed by atoms with Gasteiger partial charge in [0, 0.05) is 55.7 Å². The first-order valence-corrected chi connectivity index (χ1v) is 16.7. The van der Waals surface area contributed by atoms with Gasteiger partial charge in [0.2, 0.25) is 10.8 Å². The number of piperazine rings is 1. The van der Waals surface area contributed by atoms with Crippen LogP contribution >= 0.6 is 11.8 Å². The lowest BCUT2D eigenvalue weighted by Crippen LogP contribution is -2.54. The molecule has 3 aliphatic heterocycles. The number of fused-ring (bicyclic) bond motifs is 2. The molecule has 0 bridgehead atoms. The van der Waals surface area contributed by atoms with Gasteiger partial charge in [0.15, 0.2) is 0 Å². The number of amides is 2. The van der Waals surface area contributed by atoms with Crippen LogP contribution in [0.1, 0.15) is 22.3 Å². The minimum absolute atomic E-state index is 0.0431. The van der Waals surface area contributed by atoms with E-state index in [4.69, 9.17) is 0 Å². The molecule has 1 unspecified atom stereocenters. The zero-order chi connectivity index (χ0) is 32.7. The second-order valence-corrected chi connectivity index (χ2v) is 13.4. The van der Waals surface area contributed by atoms with Crippen molar-refractivity contribution in [3.05, 3.63) is 123 Å². The maximum Gasteiger partial charge on any atom is 0.292 e. The summed E-state index contributed by atoms with van der Waals surface area (Å²) >= 11 is 1.40. The molecule has 0 aliphatic carbocycles. The van der Waals surface area contributed by atoms with Gasteiger partial charge in [0.25, 0.3) is 11.6 Å². The smallest absolute Gasteiger partial charge is 0.292 e. The molecular weight excluding hydrogens is 613 g/mol. The number of nitrogens with one attached hydrogen (secondary N) is 1. The fourth-order valence-corrected chi connectivity index (χ4v) is 8.08. The van der Waals surface area contributed by atoms with E-state index in [1.807, 2.05) is 97.6 Å². The van der Waals surface area contributed by atoms with Gasteiger partial charge >= 0.3 is 0 Å². The van der Waals surface area contributed by atoms with Crippen molar-refractivity contribution in [1.82, 2.24) is 4.90 Å². The van der Waals surface area contributed by atoms with Crippen LogP contribution in [0.2, 0.25) is 0 Å². The van der Waals surface area contributed by atoms with E-state index in [1.54, 1.807) is 17.0 Å². The summed E-state index contributed by atoms with van der Waals surface area (Å²) in [5.41, 5.74) is 7.11. The van der Waals surface area contributed by atoms with E-state index in [9.17, 15) is 19.7 Å². The predicted molar refractivity (Wildman–Crippen MR) is 187 cm³/mol. The predicted octanol–water partition coefficient (Wildman–Crippen LogP) is 5.88. The summed E-state index contributed by atoms with van der Waals surface area (Å²) in [7, 11) is 0. The number of para-hydroxylation sites is 1. The number of thioether (sulfide) groups is 1. The normalized spacial score (nSPS) is 19.5.